The van der Waals surface area contributed by atoms with Gasteiger partial charge in [0.1, 0.15) is 12.1 Å². The molecule has 1 heterocycles. The fourth-order valence-corrected chi connectivity index (χ4v) is 2.64. The quantitative estimate of drug-likeness (QED) is 0.815. The molecular formula is C14H26N2O2. The van der Waals surface area contributed by atoms with E-state index < -0.39 is 0 Å². The van der Waals surface area contributed by atoms with Crippen LogP contribution < -0.4 is 5.32 Å². The van der Waals surface area contributed by atoms with Crippen LogP contribution in [0.2, 0.25) is 0 Å². The highest BCUT2D eigenvalue weighted by Crippen LogP contribution is 2.20. The summed E-state index contributed by atoms with van der Waals surface area (Å²) < 4.78 is 0. The minimum Gasteiger partial charge on any atom is -0.343 e. The Labute approximate surface area is 110 Å². The monoisotopic (exact) mass is 254 g/mol. The molecule has 0 bridgehead atoms. The first-order chi connectivity index (χ1) is 8.38. The van der Waals surface area contributed by atoms with Crippen molar-refractivity contribution in [2.75, 3.05) is 0 Å². The van der Waals surface area contributed by atoms with Crippen LogP contribution in [0.15, 0.2) is 0 Å². The molecule has 1 aliphatic heterocycles. The van der Waals surface area contributed by atoms with Crippen molar-refractivity contribution in [2.45, 2.75) is 72.0 Å². The summed E-state index contributed by atoms with van der Waals surface area (Å²) in [4.78, 5) is 26.2. The van der Waals surface area contributed by atoms with E-state index in [4.69, 9.17) is 0 Å². The summed E-state index contributed by atoms with van der Waals surface area (Å²) in [5.41, 5.74) is 0. The number of nitrogens with zero attached hydrogens (tertiary/aromatic N) is 1. The largest absolute Gasteiger partial charge is 0.343 e. The lowest BCUT2D eigenvalue weighted by Gasteiger charge is -2.41. The lowest BCUT2D eigenvalue weighted by molar-refractivity contribution is -0.151. The van der Waals surface area contributed by atoms with Gasteiger partial charge in [0.2, 0.25) is 11.8 Å². The Morgan fingerprint density at radius 1 is 1.28 bits per heavy atom. The molecule has 1 N–H and O–H groups in total. The first-order valence-corrected chi connectivity index (χ1v) is 7.01. The predicted molar refractivity (Wildman–Crippen MR) is 72.1 cm³/mol. The third-order valence-electron chi connectivity index (χ3n) is 3.55. The van der Waals surface area contributed by atoms with Gasteiger partial charge in [0.15, 0.2) is 0 Å². The van der Waals surface area contributed by atoms with Gasteiger partial charge in [-0.05, 0) is 32.6 Å². The molecule has 1 saturated heterocycles. The summed E-state index contributed by atoms with van der Waals surface area (Å²) in [6, 6.07) is -0.548. The molecule has 3 unspecified atom stereocenters. The molecule has 3 atom stereocenters. The van der Waals surface area contributed by atoms with Crippen molar-refractivity contribution in [1.29, 1.82) is 0 Å². The molecule has 1 fully saturated rings. The number of amides is 2. The molecule has 4 nitrogen and oxygen atoms in total. The maximum atomic E-state index is 12.4. The van der Waals surface area contributed by atoms with E-state index in [1.54, 1.807) is 4.90 Å². The van der Waals surface area contributed by atoms with Crippen molar-refractivity contribution in [3.63, 3.8) is 0 Å². The molecule has 2 amide bonds. The number of hydrogen-bond donors (Lipinski definition) is 1. The average Bonchev–Trinajstić information content (AvgIpc) is 2.26. The zero-order valence-corrected chi connectivity index (χ0v) is 12.2. The second kappa shape index (κ2) is 6.21. The molecule has 18 heavy (non-hydrogen) atoms. The summed E-state index contributed by atoms with van der Waals surface area (Å²) in [5.74, 6) is 0.455. The van der Waals surface area contributed by atoms with Crippen LogP contribution in [0.25, 0.3) is 0 Å². The molecule has 0 aromatic carbocycles. The smallest absolute Gasteiger partial charge is 0.246 e. The highest BCUT2D eigenvalue weighted by Gasteiger charge is 2.39. The lowest BCUT2D eigenvalue weighted by atomic mass is 9.97. The minimum absolute atomic E-state index is 0.0248. The molecule has 104 valence electrons. The molecule has 1 rings (SSSR count). The van der Waals surface area contributed by atoms with Gasteiger partial charge < -0.3 is 10.2 Å². The number of hydrogen-bond acceptors (Lipinski definition) is 2. The van der Waals surface area contributed by atoms with Crippen LogP contribution >= 0.6 is 0 Å². The summed E-state index contributed by atoms with van der Waals surface area (Å²) in [6.07, 6.45) is 2.68. The fraction of sp³-hybridized carbons (Fsp3) is 0.857. The normalized spacial score (nSPS) is 26.4. The van der Waals surface area contributed by atoms with Gasteiger partial charge in [-0.1, -0.05) is 27.2 Å². The van der Waals surface area contributed by atoms with Gasteiger partial charge in [0, 0.05) is 6.04 Å². The Morgan fingerprint density at radius 3 is 2.39 bits per heavy atom. The summed E-state index contributed by atoms with van der Waals surface area (Å²) >= 11 is 0. The van der Waals surface area contributed by atoms with Crippen molar-refractivity contribution in [1.82, 2.24) is 10.2 Å². The molecule has 0 aliphatic carbocycles. The van der Waals surface area contributed by atoms with Gasteiger partial charge in [-0.2, -0.15) is 0 Å². The average molecular weight is 254 g/mol. The number of nitrogens with one attached hydrogen (secondary N) is 1. The first-order valence-electron chi connectivity index (χ1n) is 7.01. The lowest BCUT2D eigenvalue weighted by Crippen LogP contribution is -2.64. The number of rotatable bonds is 5. The molecule has 0 saturated carbocycles. The maximum absolute atomic E-state index is 12.4. The van der Waals surface area contributed by atoms with Gasteiger partial charge in [0.25, 0.3) is 0 Å². The number of piperazine rings is 1. The molecular weight excluding hydrogens is 228 g/mol. The van der Waals surface area contributed by atoms with Gasteiger partial charge in [-0.3, -0.25) is 9.59 Å². The van der Waals surface area contributed by atoms with Crippen LogP contribution in [-0.2, 0) is 9.59 Å². The van der Waals surface area contributed by atoms with E-state index in [-0.39, 0.29) is 29.9 Å². The van der Waals surface area contributed by atoms with Crippen molar-refractivity contribution in [3.8, 4) is 0 Å². The van der Waals surface area contributed by atoms with E-state index in [1.807, 2.05) is 13.8 Å². The van der Waals surface area contributed by atoms with Gasteiger partial charge in [-0.15, -0.1) is 0 Å². The second-order valence-corrected chi connectivity index (χ2v) is 5.75. The highest BCUT2D eigenvalue weighted by atomic mass is 16.2. The van der Waals surface area contributed by atoms with E-state index in [9.17, 15) is 9.59 Å². The van der Waals surface area contributed by atoms with Crippen LogP contribution in [0.3, 0.4) is 0 Å². The second-order valence-electron chi connectivity index (χ2n) is 5.75. The van der Waals surface area contributed by atoms with E-state index >= 15 is 0 Å². The number of carbonyl (C=O) groups is 2. The zero-order valence-electron chi connectivity index (χ0n) is 12.2. The van der Waals surface area contributed by atoms with Gasteiger partial charge in [0.05, 0.1) is 0 Å². The molecule has 1 aliphatic rings. The van der Waals surface area contributed by atoms with Gasteiger partial charge in [-0.25, -0.2) is 0 Å². The molecule has 4 heteroatoms. The van der Waals surface area contributed by atoms with Crippen molar-refractivity contribution in [3.05, 3.63) is 0 Å². The molecule has 0 radical (unpaired) electrons. The summed E-state index contributed by atoms with van der Waals surface area (Å²) in [5, 5.41) is 2.84. The van der Waals surface area contributed by atoms with E-state index in [0.717, 1.165) is 12.8 Å². The zero-order chi connectivity index (χ0) is 13.9. The van der Waals surface area contributed by atoms with Crippen molar-refractivity contribution < 1.29 is 9.59 Å². The highest BCUT2D eigenvalue weighted by molar-refractivity contribution is 5.96. The maximum Gasteiger partial charge on any atom is 0.246 e. The van der Waals surface area contributed by atoms with E-state index in [2.05, 4.69) is 26.1 Å². The number of carbonyl (C=O) groups excluding carboxylic acids is 2. The van der Waals surface area contributed by atoms with Crippen LogP contribution in [0.5, 0.6) is 0 Å². The molecule has 0 aromatic heterocycles. The van der Waals surface area contributed by atoms with Crippen molar-refractivity contribution >= 4 is 11.8 Å². The summed E-state index contributed by atoms with van der Waals surface area (Å²) in [6.45, 7) is 10.1. The Kier molecular flexibility index (Phi) is 5.17. The molecule has 0 spiro atoms. The third kappa shape index (κ3) is 3.24. The summed E-state index contributed by atoms with van der Waals surface area (Å²) in [7, 11) is 0. The van der Waals surface area contributed by atoms with E-state index in [1.165, 1.54) is 0 Å². The van der Waals surface area contributed by atoms with Crippen LogP contribution in [-0.4, -0.2) is 34.8 Å². The minimum atomic E-state index is -0.345. The third-order valence-corrected chi connectivity index (χ3v) is 3.55. The van der Waals surface area contributed by atoms with Gasteiger partial charge >= 0.3 is 0 Å². The van der Waals surface area contributed by atoms with Crippen LogP contribution in [0.4, 0.5) is 0 Å². The van der Waals surface area contributed by atoms with Crippen LogP contribution in [0.1, 0.15) is 53.9 Å². The van der Waals surface area contributed by atoms with Crippen LogP contribution in [0, 0.1) is 5.92 Å². The fourth-order valence-electron chi connectivity index (χ4n) is 2.64. The Bertz CT molecular complexity index is 315. The SMILES string of the molecule is CCCC(C)N1C(=O)C(CC(C)C)NC(=O)C1C. The Hall–Kier alpha value is -1.06. The topological polar surface area (TPSA) is 49.4 Å². The Balaban J connectivity index is 2.85. The Morgan fingerprint density at radius 2 is 1.89 bits per heavy atom. The standard InChI is InChI=1S/C14H26N2O2/c1-6-7-10(4)16-11(5)13(17)15-12(14(16)18)8-9(2)3/h9-12H,6-8H2,1-5H3,(H,15,17). The molecule has 0 aromatic rings. The van der Waals surface area contributed by atoms with E-state index in [0.29, 0.717) is 12.3 Å². The predicted octanol–water partition coefficient (Wildman–Crippen LogP) is 1.94. The first kappa shape index (κ1) is 15.0. The van der Waals surface area contributed by atoms with Crippen molar-refractivity contribution in [2.24, 2.45) is 5.92 Å².